The first-order chi connectivity index (χ1) is 9.78. The van der Waals surface area contributed by atoms with Crippen LogP contribution in [0.2, 0.25) is 0 Å². The van der Waals surface area contributed by atoms with Crippen molar-refractivity contribution in [3.05, 3.63) is 46.7 Å². The number of hydrogen-bond acceptors (Lipinski definition) is 5. The average molecular weight is 304 g/mol. The lowest BCUT2D eigenvalue weighted by Crippen LogP contribution is -2.10. The van der Waals surface area contributed by atoms with Gasteiger partial charge in [0, 0.05) is 16.3 Å². The summed E-state index contributed by atoms with van der Waals surface area (Å²) in [5.41, 5.74) is 0.750. The number of Topliss-reactive ketones (excluding diaryl/α,β-unsaturated/α-hetero) is 1. The molecule has 0 aliphatic heterocycles. The van der Waals surface area contributed by atoms with E-state index in [0.29, 0.717) is 5.75 Å². The lowest BCUT2D eigenvalue weighted by Gasteiger charge is -2.05. The van der Waals surface area contributed by atoms with E-state index in [1.807, 2.05) is 29.0 Å². The Morgan fingerprint density at radius 1 is 1.10 bits per heavy atom. The van der Waals surface area contributed by atoms with Crippen LogP contribution in [0.3, 0.4) is 0 Å². The standard InChI is InChI=1S/C15H12O3S2/c1-17-10-2-4-11(5-3-10)18-8-14(16)13-9-20-15-12(13)6-7-19-15/h2-7,9H,8H2,1H3. The third kappa shape index (κ3) is 2.55. The van der Waals surface area contributed by atoms with Crippen LogP contribution in [0.1, 0.15) is 10.4 Å². The van der Waals surface area contributed by atoms with Crippen molar-refractivity contribution in [3.63, 3.8) is 0 Å². The number of fused-ring (bicyclic) bond motifs is 1. The molecule has 0 amide bonds. The molecule has 0 aliphatic carbocycles. The molecule has 0 N–H and O–H groups in total. The molecule has 102 valence electrons. The van der Waals surface area contributed by atoms with Gasteiger partial charge in [-0.15, -0.1) is 22.7 Å². The molecular weight excluding hydrogens is 292 g/mol. The highest BCUT2D eigenvalue weighted by Gasteiger charge is 2.13. The number of thiophene rings is 2. The van der Waals surface area contributed by atoms with Crippen LogP contribution < -0.4 is 9.47 Å². The summed E-state index contributed by atoms with van der Waals surface area (Å²) in [6.07, 6.45) is 0. The van der Waals surface area contributed by atoms with Gasteiger partial charge in [-0.3, -0.25) is 4.79 Å². The van der Waals surface area contributed by atoms with Gasteiger partial charge in [0.25, 0.3) is 0 Å². The monoisotopic (exact) mass is 304 g/mol. The van der Waals surface area contributed by atoms with Gasteiger partial charge >= 0.3 is 0 Å². The molecule has 0 spiro atoms. The van der Waals surface area contributed by atoms with Gasteiger partial charge in [-0.1, -0.05) is 0 Å². The zero-order valence-electron chi connectivity index (χ0n) is 10.8. The lowest BCUT2D eigenvalue weighted by atomic mass is 10.2. The number of ether oxygens (including phenoxy) is 2. The largest absolute Gasteiger partial charge is 0.497 e. The number of carbonyl (C=O) groups is 1. The zero-order chi connectivity index (χ0) is 13.9. The second-order valence-electron chi connectivity index (χ2n) is 4.16. The molecule has 0 radical (unpaired) electrons. The molecule has 0 fully saturated rings. The van der Waals surface area contributed by atoms with Crippen molar-refractivity contribution in [2.45, 2.75) is 0 Å². The number of hydrogen-bond donors (Lipinski definition) is 0. The third-order valence-corrected chi connectivity index (χ3v) is 5.00. The van der Waals surface area contributed by atoms with Gasteiger partial charge in [0.05, 0.1) is 11.1 Å². The fourth-order valence-electron chi connectivity index (χ4n) is 1.88. The van der Waals surface area contributed by atoms with E-state index in [0.717, 1.165) is 16.7 Å². The van der Waals surface area contributed by atoms with Gasteiger partial charge in [-0.2, -0.15) is 0 Å². The Balaban J connectivity index is 1.68. The zero-order valence-corrected chi connectivity index (χ0v) is 12.4. The summed E-state index contributed by atoms with van der Waals surface area (Å²) in [6, 6.07) is 9.18. The predicted octanol–water partition coefficient (Wildman–Crippen LogP) is 4.23. The van der Waals surface area contributed by atoms with E-state index in [2.05, 4.69) is 0 Å². The summed E-state index contributed by atoms with van der Waals surface area (Å²) in [6.45, 7) is 0.0496. The summed E-state index contributed by atoms with van der Waals surface area (Å²) in [7, 11) is 1.61. The maximum absolute atomic E-state index is 12.2. The maximum Gasteiger partial charge on any atom is 0.201 e. The van der Waals surface area contributed by atoms with E-state index < -0.39 is 0 Å². The molecule has 0 unspecified atom stereocenters. The van der Waals surface area contributed by atoms with E-state index >= 15 is 0 Å². The number of rotatable bonds is 5. The Labute approximate surface area is 124 Å². The molecule has 0 aliphatic rings. The molecule has 2 aromatic heterocycles. The molecule has 3 nitrogen and oxygen atoms in total. The smallest absolute Gasteiger partial charge is 0.201 e. The van der Waals surface area contributed by atoms with Gasteiger partial charge < -0.3 is 9.47 Å². The summed E-state index contributed by atoms with van der Waals surface area (Å²) in [5, 5.41) is 4.94. The molecule has 3 rings (SSSR count). The van der Waals surface area contributed by atoms with E-state index in [-0.39, 0.29) is 12.4 Å². The van der Waals surface area contributed by atoms with Crippen LogP contribution in [-0.2, 0) is 0 Å². The first-order valence-corrected chi connectivity index (χ1v) is 7.78. The number of benzene rings is 1. The van der Waals surface area contributed by atoms with Gasteiger partial charge in [0.15, 0.2) is 6.61 Å². The number of carbonyl (C=O) groups excluding carboxylic acids is 1. The van der Waals surface area contributed by atoms with Gasteiger partial charge in [0.1, 0.15) is 11.5 Å². The van der Waals surface area contributed by atoms with E-state index in [1.165, 1.54) is 4.01 Å². The highest BCUT2D eigenvalue weighted by atomic mass is 32.2. The molecule has 2 heterocycles. The van der Waals surface area contributed by atoms with Crippen molar-refractivity contribution in [2.24, 2.45) is 0 Å². The Morgan fingerprint density at radius 2 is 1.85 bits per heavy atom. The van der Waals surface area contributed by atoms with Crippen LogP contribution in [0.4, 0.5) is 0 Å². The van der Waals surface area contributed by atoms with E-state index in [9.17, 15) is 4.79 Å². The summed E-state index contributed by atoms with van der Waals surface area (Å²) in [5.74, 6) is 1.43. The topological polar surface area (TPSA) is 35.5 Å². The Kier molecular flexibility index (Phi) is 3.71. The molecule has 3 aromatic rings. The fraction of sp³-hybridized carbons (Fsp3) is 0.133. The summed E-state index contributed by atoms with van der Waals surface area (Å²) in [4.78, 5) is 12.2. The van der Waals surface area contributed by atoms with Crippen molar-refractivity contribution in [2.75, 3.05) is 13.7 Å². The van der Waals surface area contributed by atoms with Crippen LogP contribution in [0.15, 0.2) is 41.1 Å². The van der Waals surface area contributed by atoms with E-state index in [1.54, 1.807) is 41.9 Å². The fourth-order valence-corrected chi connectivity index (χ4v) is 3.83. The minimum atomic E-state index is 0.00506. The lowest BCUT2D eigenvalue weighted by molar-refractivity contribution is 0.0923. The van der Waals surface area contributed by atoms with Crippen LogP contribution in [0.25, 0.3) is 9.40 Å². The predicted molar refractivity (Wildman–Crippen MR) is 82.5 cm³/mol. The second kappa shape index (κ2) is 5.64. The normalized spacial score (nSPS) is 10.7. The van der Waals surface area contributed by atoms with Crippen LogP contribution >= 0.6 is 22.7 Å². The van der Waals surface area contributed by atoms with Crippen LogP contribution in [0, 0.1) is 0 Å². The van der Waals surface area contributed by atoms with Gasteiger partial charge in [0.2, 0.25) is 5.78 Å². The first kappa shape index (κ1) is 13.1. The van der Waals surface area contributed by atoms with Gasteiger partial charge in [-0.05, 0) is 35.7 Å². The Morgan fingerprint density at radius 3 is 2.60 bits per heavy atom. The quantitative estimate of drug-likeness (QED) is 0.662. The number of ketones is 1. The van der Waals surface area contributed by atoms with Crippen molar-refractivity contribution >= 4 is 37.9 Å². The SMILES string of the molecule is COc1ccc(OCC(=O)c2csc3sccc23)cc1. The minimum Gasteiger partial charge on any atom is -0.497 e. The van der Waals surface area contributed by atoms with Crippen LogP contribution in [-0.4, -0.2) is 19.5 Å². The second-order valence-corrected chi connectivity index (χ2v) is 6.21. The first-order valence-electron chi connectivity index (χ1n) is 6.02. The molecule has 0 bridgehead atoms. The molecule has 1 aromatic carbocycles. The molecule has 5 heteroatoms. The Bertz CT molecular complexity index is 725. The molecule has 0 saturated heterocycles. The highest BCUT2D eigenvalue weighted by molar-refractivity contribution is 7.37. The maximum atomic E-state index is 12.2. The highest BCUT2D eigenvalue weighted by Crippen LogP contribution is 2.31. The van der Waals surface area contributed by atoms with Crippen molar-refractivity contribution < 1.29 is 14.3 Å². The molecule has 20 heavy (non-hydrogen) atoms. The number of methoxy groups -OCH3 is 1. The minimum absolute atomic E-state index is 0.00506. The summed E-state index contributed by atoms with van der Waals surface area (Å²) < 4.78 is 11.8. The Hall–Kier alpha value is -1.85. The van der Waals surface area contributed by atoms with Crippen LogP contribution in [0.5, 0.6) is 11.5 Å². The summed E-state index contributed by atoms with van der Waals surface area (Å²) >= 11 is 3.26. The third-order valence-electron chi connectivity index (χ3n) is 2.93. The van der Waals surface area contributed by atoms with E-state index in [4.69, 9.17) is 9.47 Å². The molecular formula is C15H12O3S2. The van der Waals surface area contributed by atoms with Gasteiger partial charge in [-0.25, -0.2) is 0 Å². The van der Waals surface area contributed by atoms with Crippen molar-refractivity contribution in [1.82, 2.24) is 0 Å². The van der Waals surface area contributed by atoms with Crippen molar-refractivity contribution in [3.8, 4) is 11.5 Å². The molecule has 0 atom stereocenters. The molecule has 0 saturated carbocycles. The van der Waals surface area contributed by atoms with Crippen molar-refractivity contribution in [1.29, 1.82) is 0 Å². The average Bonchev–Trinajstić information content (AvgIpc) is 3.08.